The molecule has 0 saturated carbocycles. The number of ether oxygens (including phenoxy) is 1. The van der Waals surface area contributed by atoms with Crippen molar-refractivity contribution < 1.29 is 4.74 Å². The lowest BCUT2D eigenvalue weighted by Crippen LogP contribution is -2.03. The van der Waals surface area contributed by atoms with Gasteiger partial charge >= 0.3 is 0 Å². The van der Waals surface area contributed by atoms with Gasteiger partial charge in [-0.1, -0.05) is 48.0 Å². The normalized spacial score (nSPS) is 10.9. The molecule has 3 aromatic heterocycles. The summed E-state index contributed by atoms with van der Waals surface area (Å²) in [4.78, 5) is 13.3. The first kappa shape index (κ1) is 20.0. The van der Waals surface area contributed by atoms with Crippen LogP contribution in [0.4, 0.5) is 11.5 Å². The zero-order valence-corrected chi connectivity index (χ0v) is 18.0. The predicted octanol–water partition coefficient (Wildman–Crippen LogP) is 5.34. The number of para-hydroxylation sites is 1. The Hall–Kier alpha value is -3.97. The highest BCUT2D eigenvalue weighted by Crippen LogP contribution is 2.31. The molecule has 158 valence electrons. The molecule has 0 radical (unpaired) electrons. The lowest BCUT2D eigenvalue weighted by Gasteiger charge is -2.10. The maximum atomic E-state index is 6.39. The summed E-state index contributed by atoms with van der Waals surface area (Å²) in [5.41, 5.74) is 3.50. The predicted molar refractivity (Wildman–Crippen MR) is 125 cm³/mol. The molecule has 32 heavy (non-hydrogen) atoms. The van der Waals surface area contributed by atoms with Gasteiger partial charge in [-0.05, 0) is 29.8 Å². The number of benzene rings is 2. The fourth-order valence-corrected chi connectivity index (χ4v) is 3.69. The van der Waals surface area contributed by atoms with E-state index in [9.17, 15) is 0 Å². The van der Waals surface area contributed by atoms with Crippen LogP contribution in [-0.4, -0.2) is 31.8 Å². The Morgan fingerprint density at radius 1 is 1.00 bits per heavy atom. The Kier molecular flexibility index (Phi) is 5.39. The molecule has 0 unspecified atom stereocenters. The van der Waals surface area contributed by atoms with Gasteiger partial charge in [0.15, 0.2) is 17.4 Å². The van der Waals surface area contributed by atoms with E-state index in [0.717, 1.165) is 22.2 Å². The van der Waals surface area contributed by atoms with E-state index >= 15 is 0 Å². The third-order valence-corrected chi connectivity index (χ3v) is 5.43. The molecule has 3 heterocycles. The van der Waals surface area contributed by atoms with Crippen LogP contribution in [0.2, 0.25) is 5.02 Å². The summed E-state index contributed by atoms with van der Waals surface area (Å²) in [6, 6.07) is 19.5. The van der Waals surface area contributed by atoms with Crippen molar-refractivity contribution in [2.45, 2.75) is 6.54 Å². The Morgan fingerprint density at radius 2 is 1.78 bits per heavy atom. The lowest BCUT2D eigenvalue weighted by atomic mass is 10.2. The summed E-state index contributed by atoms with van der Waals surface area (Å²) < 4.78 is 7.38. The Labute approximate surface area is 189 Å². The molecule has 8 heteroatoms. The monoisotopic (exact) mass is 442 g/mol. The molecule has 0 aliphatic carbocycles. The van der Waals surface area contributed by atoms with Gasteiger partial charge < -0.3 is 10.1 Å². The second-order valence-electron chi connectivity index (χ2n) is 7.09. The molecule has 0 aliphatic heterocycles. The van der Waals surface area contributed by atoms with Crippen molar-refractivity contribution in [1.29, 1.82) is 0 Å². The number of halogens is 1. The second kappa shape index (κ2) is 8.64. The minimum atomic E-state index is 0.497. The molecule has 0 atom stereocenters. The van der Waals surface area contributed by atoms with Gasteiger partial charge in [0.2, 0.25) is 0 Å². The van der Waals surface area contributed by atoms with Gasteiger partial charge in [-0.25, -0.2) is 9.97 Å². The zero-order valence-electron chi connectivity index (χ0n) is 17.2. The van der Waals surface area contributed by atoms with Gasteiger partial charge in [-0.15, -0.1) is 0 Å². The third kappa shape index (κ3) is 3.86. The minimum Gasteiger partial charge on any atom is -0.491 e. The Bertz CT molecular complexity index is 1390. The summed E-state index contributed by atoms with van der Waals surface area (Å²) in [6.07, 6.45) is 5.06. The van der Waals surface area contributed by atoms with Gasteiger partial charge in [-0.2, -0.15) is 5.10 Å². The van der Waals surface area contributed by atoms with E-state index in [0.29, 0.717) is 34.7 Å². The van der Waals surface area contributed by atoms with Crippen molar-refractivity contribution in [2.24, 2.45) is 0 Å². The van der Waals surface area contributed by atoms with Crippen LogP contribution in [0.5, 0.6) is 5.75 Å². The zero-order chi connectivity index (χ0) is 21.9. The number of nitrogens with one attached hydrogen (secondary N) is 1. The highest BCUT2D eigenvalue weighted by molar-refractivity contribution is 6.31. The van der Waals surface area contributed by atoms with E-state index in [1.165, 1.54) is 0 Å². The molecule has 2 aromatic carbocycles. The SMILES string of the molecule is COc1cnc(-c2nn(Cc3ccccc3Cl)c3ccccc23)nc1Nc1ccncc1. The molecule has 0 aliphatic rings. The molecular weight excluding hydrogens is 424 g/mol. The van der Waals surface area contributed by atoms with E-state index in [1.54, 1.807) is 25.7 Å². The third-order valence-electron chi connectivity index (χ3n) is 5.07. The molecule has 0 bridgehead atoms. The largest absolute Gasteiger partial charge is 0.491 e. The number of anilines is 2. The van der Waals surface area contributed by atoms with Crippen molar-refractivity contribution in [2.75, 3.05) is 12.4 Å². The van der Waals surface area contributed by atoms with Crippen LogP contribution in [0.3, 0.4) is 0 Å². The minimum absolute atomic E-state index is 0.497. The lowest BCUT2D eigenvalue weighted by molar-refractivity contribution is 0.413. The number of fused-ring (bicyclic) bond motifs is 1. The fourth-order valence-electron chi connectivity index (χ4n) is 3.50. The standard InChI is InChI=1S/C24H19ClN6O/c1-32-21-14-27-24(29-23(21)28-17-10-12-26-13-11-17)22-18-7-3-5-9-20(18)31(30-22)15-16-6-2-4-8-19(16)25/h2-14H,15H2,1H3,(H,26,27,28,29). The summed E-state index contributed by atoms with van der Waals surface area (Å²) in [5, 5.41) is 9.79. The number of methoxy groups -OCH3 is 1. The van der Waals surface area contributed by atoms with Crippen molar-refractivity contribution >= 4 is 34.0 Å². The van der Waals surface area contributed by atoms with Crippen molar-refractivity contribution in [3.8, 4) is 17.3 Å². The van der Waals surface area contributed by atoms with E-state index in [4.69, 9.17) is 26.4 Å². The molecule has 0 saturated heterocycles. The van der Waals surface area contributed by atoms with E-state index in [-0.39, 0.29) is 0 Å². The van der Waals surface area contributed by atoms with Gasteiger partial charge in [0, 0.05) is 28.5 Å². The molecule has 0 fully saturated rings. The van der Waals surface area contributed by atoms with Crippen LogP contribution in [0.15, 0.2) is 79.3 Å². The quantitative estimate of drug-likeness (QED) is 0.382. The first-order valence-electron chi connectivity index (χ1n) is 10.0. The van der Waals surface area contributed by atoms with Gasteiger partial charge in [0.05, 0.1) is 25.4 Å². The van der Waals surface area contributed by atoms with E-state index in [1.807, 2.05) is 65.3 Å². The second-order valence-corrected chi connectivity index (χ2v) is 7.49. The number of hydrogen-bond acceptors (Lipinski definition) is 6. The number of aromatic nitrogens is 5. The molecule has 0 amide bonds. The van der Waals surface area contributed by atoms with Crippen molar-refractivity contribution in [3.05, 3.63) is 89.8 Å². The van der Waals surface area contributed by atoms with Crippen LogP contribution < -0.4 is 10.1 Å². The first-order valence-corrected chi connectivity index (χ1v) is 10.4. The van der Waals surface area contributed by atoms with Crippen LogP contribution in [0.1, 0.15) is 5.56 Å². The summed E-state index contributed by atoms with van der Waals surface area (Å²) in [7, 11) is 1.59. The van der Waals surface area contributed by atoms with Crippen molar-refractivity contribution in [3.63, 3.8) is 0 Å². The number of pyridine rings is 1. The molecule has 0 spiro atoms. The van der Waals surface area contributed by atoms with Gasteiger partial charge in [-0.3, -0.25) is 9.67 Å². The fraction of sp³-hybridized carbons (Fsp3) is 0.0833. The van der Waals surface area contributed by atoms with Crippen LogP contribution in [0, 0.1) is 0 Å². The first-order chi connectivity index (χ1) is 15.7. The molecular formula is C24H19ClN6O. The van der Waals surface area contributed by atoms with E-state index < -0.39 is 0 Å². The molecule has 5 rings (SSSR count). The maximum absolute atomic E-state index is 6.39. The number of nitrogens with zero attached hydrogens (tertiary/aromatic N) is 5. The Morgan fingerprint density at radius 3 is 2.59 bits per heavy atom. The smallest absolute Gasteiger partial charge is 0.183 e. The maximum Gasteiger partial charge on any atom is 0.183 e. The average Bonchev–Trinajstić information content (AvgIpc) is 3.20. The van der Waals surface area contributed by atoms with Crippen molar-refractivity contribution in [1.82, 2.24) is 24.7 Å². The van der Waals surface area contributed by atoms with Gasteiger partial charge in [0.25, 0.3) is 0 Å². The highest BCUT2D eigenvalue weighted by atomic mass is 35.5. The van der Waals surface area contributed by atoms with Crippen LogP contribution in [-0.2, 0) is 6.54 Å². The average molecular weight is 443 g/mol. The Balaban J connectivity index is 1.59. The topological polar surface area (TPSA) is 77.8 Å². The number of hydrogen-bond donors (Lipinski definition) is 1. The summed E-state index contributed by atoms with van der Waals surface area (Å²) in [5.74, 6) is 1.58. The molecule has 5 aromatic rings. The molecule has 7 nitrogen and oxygen atoms in total. The molecule has 1 N–H and O–H groups in total. The van der Waals surface area contributed by atoms with Crippen LogP contribution >= 0.6 is 11.6 Å². The summed E-state index contributed by atoms with van der Waals surface area (Å²) >= 11 is 6.39. The summed E-state index contributed by atoms with van der Waals surface area (Å²) in [6.45, 7) is 0.540. The highest BCUT2D eigenvalue weighted by Gasteiger charge is 2.17. The van der Waals surface area contributed by atoms with Crippen LogP contribution in [0.25, 0.3) is 22.4 Å². The number of rotatable bonds is 6. The van der Waals surface area contributed by atoms with Gasteiger partial charge in [0.1, 0.15) is 5.69 Å². The van der Waals surface area contributed by atoms with E-state index in [2.05, 4.69) is 15.3 Å².